The predicted octanol–water partition coefficient (Wildman–Crippen LogP) is 1.23. The fraction of sp³-hybridized carbons (Fsp3) is 0.733. The van der Waals surface area contributed by atoms with Crippen LogP contribution in [0.4, 0.5) is 0 Å². The number of amides is 1. The zero-order valence-electron chi connectivity index (χ0n) is 12.8. The minimum atomic E-state index is -0.0300. The molecule has 0 bridgehead atoms. The molecule has 0 aliphatic carbocycles. The van der Waals surface area contributed by atoms with Crippen LogP contribution in [0.3, 0.4) is 0 Å². The maximum Gasteiger partial charge on any atom is 0.291 e. The van der Waals surface area contributed by atoms with E-state index in [1.807, 2.05) is 11.8 Å². The standard InChI is InChI=1S/C15H23N3O3/c1-11-14(21-12(2)16-11)15(19)18-6-3-5-17(7-8-18)13-4-9-20-10-13/h13H,3-10H2,1-2H3. The summed E-state index contributed by atoms with van der Waals surface area (Å²) in [5.74, 6) is 0.915. The molecule has 2 fully saturated rings. The topological polar surface area (TPSA) is 58.8 Å². The first-order valence-electron chi connectivity index (χ1n) is 7.70. The second-order valence-corrected chi connectivity index (χ2v) is 5.85. The van der Waals surface area contributed by atoms with E-state index in [1.54, 1.807) is 6.92 Å². The zero-order valence-corrected chi connectivity index (χ0v) is 12.8. The van der Waals surface area contributed by atoms with Crippen molar-refractivity contribution in [2.75, 3.05) is 39.4 Å². The van der Waals surface area contributed by atoms with Gasteiger partial charge in [0, 0.05) is 45.8 Å². The Balaban J connectivity index is 1.64. The Morgan fingerprint density at radius 3 is 2.76 bits per heavy atom. The number of hydrogen-bond acceptors (Lipinski definition) is 5. The quantitative estimate of drug-likeness (QED) is 0.821. The summed E-state index contributed by atoms with van der Waals surface area (Å²) in [6, 6.07) is 0.523. The van der Waals surface area contributed by atoms with E-state index in [2.05, 4.69) is 9.88 Å². The fourth-order valence-electron chi connectivity index (χ4n) is 3.19. The van der Waals surface area contributed by atoms with Crippen molar-refractivity contribution < 1.29 is 13.9 Å². The van der Waals surface area contributed by atoms with Gasteiger partial charge in [-0.25, -0.2) is 4.98 Å². The molecule has 1 unspecified atom stereocenters. The van der Waals surface area contributed by atoms with Gasteiger partial charge in [0.25, 0.3) is 5.91 Å². The highest BCUT2D eigenvalue weighted by atomic mass is 16.5. The molecule has 2 aliphatic rings. The van der Waals surface area contributed by atoms with Crippen LogP contribution < -0.4 is 0 Å². The Morgan fingerprint density at radius 1 is 1.24 bits per heavy atom. The Hall–Kier alpha value is -1.40. The molecule has 1 aromatic rings. The summed E-state index contributed by atoms with van der Waals surface area (Å²) < 4.78 is 10.9. The minimum Gasteiger partial charge on any atom is -0.436 e. The molecule has 6 heteroatoms. The van der Waals surface area contributed by atoms with Gasteiger partial charge in [-0.1, -0.05) is 0 Å². The summed E-state index contributed by atoms with van der Waals surface area (Å²) >= 11 is 0. The summed E-state index contributed by atoms with van der Waals surface area (Å²) in [4.78, 5) is 21.1. The first kappa shape index (κ1) is 14.5. The van der Waals surface area contributed by atoms with Crippen LogP contribution in [0.2, 0.25) is 0 Å². The third kappa shape index (κ3) is 3.11. The fourth-order valence-corrected chi connectivity index (χ4v) is 3.19. The van der Waals surface area contributed by atoms with Crippen LogP contribution >= 0.6 is 0 Å². The van der Waals surface area contributed by atoms with Crippen molar-refractivity contribution in [1.82, 2.24) is 14.8 Å². The molecule has 0 aromatic carbocycles. The molecule has 2 saturated heterocycles. The first-order valence-corrected chi connectivity index (χ1v) is 7.70. The van der Waals surface area contributed by atoms with E-state index in [0.717, 1.165) is 52.2 Å². The summed E-state index contributed by atoms with van der Waals surface area (Å²) in [6.45, 7) is 8.75. The van der Waals surface area contributed by atoms with Gasteiger partial charge in [0.05, 0.1) is 12.3 Å². The number of rotatable bonds is 2. The molecule has 3 heterocycles. The highest BCUT2D eigenvalue weighted by molar-refractivity contribution is 5.92. The number of carbonyl (C=O) groups excluding carboxylic acids is 1. The van der Waals surface area contributed by atoms with E-state index in [-0.39, 0.29) is 5.91 Å². The number of hydrogen-bond donors (Lipinski definition) is 0. The van der Waals surface area contributed by atoms with Crippen molar-refractivity contribution >= 4 is 5.91 Å². The lowest BCUT2D eigenvalue weighted by molar-refractivity contribution is 0.0722. The molecule has 6 nitrogen and oxygen atoms in total. The van der Waals surface area contributed by atoms with Crippen molar-refractivity contribution in [2.45, 2.75) is 32.7 Å². The minimum absolute atomic E-state index is 0.0300. The van der Waals surface area contributed by atoms with Crippen LogP contribution in [0, 0.1) is 13.8 Å². The van der Waals surface area contributed by atoms with Crippen LogP contribution in [0.5, 0.6) is 0 Å². The van der Waals surface area contributed by atoms with Crippen LogP contribution in [-0.2, 0) is 4.74 Å². The van der Waals surface area contributed by atoms with Crippen molar-refractivity contribution in [3.8, 4) is 0 Å². The van der Waals surface area contributed by atoms with Crippen LogP contribution in [0.1, 0.15) is 35.0 Å². The van der Waals surface area contributed by atoms with E-state index in [4.69, 9.17) is 9.15 Å². The van der Waals surface area contributed by atoms with Crippen LogP contribution in [0.15, 0.2) is 4.42 Å². The number of ether oxygens (including phenoxy) is 1. The molecule has 0 radical (unpaired) electrons. The molecule has 2 aliphatic heterocycles. The number of carbonyl (C=O) groups is 1. The Bertz CT molecular complexity index is 508. The van der Waals surface area contributed by atoms with E-state index in [0.29, 0.717) is 23.4 Å². The van der Waals surface area contributed by atoms with Crippen LogP contribution in [0.25, 0.3) is 0 Å². The Morgan fingerprint density at radius 2 is 2.10 bits per heavy atom. The van der Waals surface area contributed by atoms with Gasteiger partial charge in [-0.05, 0) is 19.8 Å². The van der Waals surface area contributed by atoms with E-state index in [9.17, 15) is 4.79 Å². The zero-order chi connectivity index (χ0) is 14.8. The monoisotopic (exact) mass is 293 g/mol. The number of aromatic nitrogens is 1. The smallest absolute Gasteiger partial charge is 0.291 e. The molecule has 21 heavy (non-hydrogen) atoms. The van der Waals surface area contributed by atoms with Crippen molar-refractivity contribution in [2.24, 2.45) is 0 Å². The molecule has 1 aromatic heterocycles. The second kappa shape index (κ2) is 6.15. The third-order valence-corrected chi connectivity index (χ3v) is 4.34. The highest BCUT2D eigenvalue weighted by Gasteiger charge is 2.28. The summed E-state index contributed by atoms with van der Waals surface area (Å²) in [7, 11) is 0. The molecule has 0 N–H and O–H groups in total. The van der Waals surface area contributed by atoms with Crippen molar-refractivity contribution in [1.29, 1.82) is 0 Å². The van der Waals surface area contributed by atoms with Gasteiger partial charge in [-0.2, -0.15) is 0 Å². The van der Waals surface area contributed by atoms with Gasteiger partial charge in [0.1, 0.15) is 0 Å². The average molecular weight is 293 g/mol. The summed E-state index contributed by atoms with van der Waals surface area (Å²) in [6.07, 6.45) is 2.10. The SMILES string of the molecule is Cc1nc(C)c(C(=O)N2CCCN(C3CCOC3)CC2)o1. The number of aryl methyl sites for hydroxylation is 2. The van der Waals surface area contributed by atoms with Gasteiger partial charge in [-0.15, -0.1) is 0 Å². The third-order valence-electron chi connectivity index (χ3n) is 4.34. The summed E-state index contributed by atoms with van der Waals surface area (Å²) in [5, 5.41) is 0. The molecule has 116 valence electrons. The van der Waals surface area contributed by atoms with E-state index < -0.39 is 0 Å². The van der Waals surface area contributed by atoms with Gasteiger partial charge >= 0.3 is 0 Å². The van der Waals surface area contributed by atoms with Gasteiger partial charge in [0.2, 0.25) is 5.76 Å². The molecule has 0 saturated carbocycles. The lowest BCUT2D eigenvalue weighted by atomic mass is 10.2. The second-order valence-electron chi connectivity index (χ2n) is 5.85. The average Bonchev–Trinajstić information content (AvgIpc) is 3.02. The molecule has 1 amide bonds. The van der Waals surface area contributed by atoms with E-state index in [1.165, 1.54) is 0 Å². The van der Waals surface area contributed by atoms with Crippen molar-refractivity contribution in [3.63, 3.8) is 0 Å². The molecule has 0 spiro atoms. The first-order chi connectivity index (χ1) is 10.1. The summed E-state index contributed by atoms with van der Waals surface area (Å²) in [5.41, 5.74) is 0.683. The number of nitrogens with zero attached hydrogens (tertiary/aromatic N) is 3. The van der Waals surface area contributed by atoms with Gasteiger partial charge in [0.15, 0.2) is 5.89 Å². The van der Waals surface area contributed by atoms with E-state index >= 15 is 0 Å². The van der Waals surface area contributed by atoms with Crippen molar-refractivity contribution in [3.05, 3.63) is 17.3 Å². The Labute approximate surface area is 125 Å². The predicted molar refractivity (Wildman–Crippen MR) is 77.3 cm³/mol. The van der Waals surface area contributed by atoms with Gasteiger partial charge < -0.3 is 14.1 Å². The van der Waals surface area contributed by atoms with Crippen LogP contribution in [-0.4, -0.2) is 66.1 Å². The maximum absolute atomic E-state index is 12.6. The lowest BCUT2D eigenvalue weighted by Gasteiger charge is -2.26. The van der Waals surface area contributed by atoms with Gasteiger partial charge in [-0.3, -0.25) is 9.69 Å². The largest absolute Gasteiger partial charge is 0.436 e. The normalized spacial score (nSPS) is 24.3. The number of oxazole rings is 1. The lowest BCUT2D eigenvalue weighted by Crippen LogP contribution is -2.39. The maximum atomic E-state index is 12.6. The highest BCUT2D eigenvalue weighted by Crippen LogP contribution is 2.17. The molecule has 1 atom stereocenters. The molecule has 3 rings (SSSR count). The molecular weight excluding hydrogens is 270 g/mol. The molecular formula is C15H23N3O3. The Kier molecular flexibility index (Phi) is 4.26.